The normalized spacial score (nSPS) is 12.4. The Morgan fingerprint density at radius 3 is 2.74 bits per heavy atom. The van der Waals surface area contributed by atoms with Crippen molar-refractivity contribution in [2.24, 2.45) is 10.7 Å². The number of nitrogens with zero attached hydrogens (tertiary/aromatic N) is 1. The van der Waals surface area contributed by atoms with E-state index < -0.39 is 6.10 Å². The van der Waals surface area contributed by atoms with Crippen LogP contribution in [0.25, 0.3) is 0 Å². The Morgan fingerprint density at radius 2 is 2.09 bits per heavy atom. The molecule has 0 aliphatic heterocycles. The average Bonchev–Trinajstić information content (AvgIpc) is 2.52. The molecule has 1 rings (SSSR count). The zero-order chi connectivity index (χ0) is 16.2. The van der Waals surface area contributed by atoms with Crippen LogP contribution in [0.1, 0.15) is 13.3 Å². The summed E-state index contributed by atoms with van der Waals surface area (Å²) in [6.45, 7) is 4.46. The van der Waals surface area contributed by atoms with Gasteiger partial charge in [0.25, 0.3) is 0 Å². The van der Waals surface area contributed by atoms with Crippen LogP contribution in [0.2, 0.25) is 0 Å². The summed E-state index contributed by atoms with van der Waals surface area (Å²) in [4.78, 5) is 4.08. The second kappa shape index (κ2) is 14.1. The van der Waals surface area contributed by atoms with Gasteiger partial charge in [-0.3, -0.25) is 4.99 Å². The fourth-order valence-electron chi connectivity index (χ4n) is 1.57. The third-order valence-electron chi connectivity index (χ3n) is 2.70. The van der Waals surface area contributed by atoms with Gasteiger partial charge >= 0.3 is 0 Å². The van der Waals surface area contributed by atoms with Gasteiger partial charge in [-0.05, 0) is 60.2 Å². The Bertz CT molecular complexity index is 444. The van der Waals surface area contributed by atoms with Gasteiger partial charge in [-0.1, -0.05) is 0 Å². The van der Waals surface area contributed by atoms with Gasteiger partial charge in [-0.25, -0.2) is 0 Å². The first kappa shape index (κ1) is 22.7. The van der Waals surface area contributed by atoms with Crippen LogP contribution in [-0.2, 0) is 4.74 Å². The Balaban J connectivity index is 0.00000484. The number of aliphatic hydroxyl groups excluding tert-OH is 1. The number of hydrogen-bond acceptors (Lipinski definition) is 4. The number of nitrogens with two attached hydrogens (primary N) is 1. The number of guanidine groups is 1. The number of halogens is 2. The molecule has 0 heterocycles. The first-order chi connectivity index (χ1) is 10.6. The monoisotopic (exact) mass is 549 g/mol. The van der Waals surface area contributed by atoms with Gasteiger partial charge < -0.3 is 25.6 Å². The van der Waals surface area contributed by atoms with E-state index in [1.54, 1.807) is 0 Å². The van der Waals surface area contributed by atoms with Gasteiger partial charge in [0.2, 0.25) is 0 Å². The van der Waals surface area contributed by atoms with Crippen LogP contribution in [0.3, 0.4) is 0 Å². The molecule has 8 heteroatoms. The summed E-state index contributed by atoms with van der Waals surface area (Å²) >= 11 is 2.23. The molecule has 6 nitrogen and oxygen atoms in total. The molecular weight excluding hydrogens is 524 g/mol. The number of aliphatic hydroxyl groups is 1. The van der Waals surface area contributed by atoms with E-state index in [-0.39, 0.29) is 37.1 Å². The molecule has 0 bridgehead atoms. The first-order valence-electron chi connectivity index (χ1n) is 7.29. The highest BCUT2D eigenvalue weighted by Crippen LogP contribution is 2.13. The fourth-order valence-corrected chi connectivity index (χ4v) is 1.93. The third-order valence-corrected chi connectivity index (χ3v) is 3.42. The van der Waals surface area contributed by atoms with Gasteiger partial charge in [0, 0.05) is 23.3 Å². The Kier molecular flexibility index (Phi) is 13.8. The predicted molar refractivity (Wildman–Crippen MR) is 112 cm³/mol. The minimum atomic E-state index is -0.692. The second-order valence-corrected chi connectivity index (χ2v) is 5.87. The lowest BCUT2D eigenvalue weighted by molar-refractivity contribution is 0.114. The van der Waals surface area contributed by atoms with Crippen molar-refractivity contribution in [2.75, 3.05) is 32.9 Å². The molecule has 1 aromatic rings. The highest BCUT2D eigenvalue weighted by Gasteiger charge is 2.05. The van der Waals surface area contributed by atoms with E-state index >= 15 is 0 Å². The number of ether oxygens (including phenoxy) is 2. The second-order valence-electron chi connectivity index (χ2n) is 4.62. The van der Waals surface area contributed by atoms with Crippen LogP contribution in [0.4, 0.5) is 0 Å². The van der Waals surface area contributed by atoms with Crippen molar-refractivity contribution in [3.05, 3.63) is 27.8 Å². The largest absolute Gasteiger partial charge is 0.491 e. The lowest BCUT2D eigenvalue weighted by Gasteiger charge is -2.11. The standard InChI is InChI=1S/C15H24IN3O3.HI/c1-2-21-9-3-8-18-15(17)19-10-13(20)11-22-14-6-4-12(16)5-7-14;/h4-7,13,20H,2-3,8-11H2,1H3,(H3,17,18,19);1H. The number of rotatable bonds is 10. The molecule has 0 aliphatic carbocycles. The van der Waals surface area contributed by atoms with Crippen molar-refractivity contribution < 1.29 is 14.6 Å². The van der Waals surface area contributed by atoms with Crippen LogP contribution in [0, 0.1) is 3.57 Å². The number of aliphatic imine (C=N–C) groups is 1. The summed E-state index contributed by atoms with van der Waals surface area (Å²) in [5.41, 5.74) is 5.71. The molecule has 1 aromatic carbocycles. The van der Waals surface area contributed by atoms with Crippen molar-refractivity contribution in [3.63, 3.8) is 0 Å². The molecule has 0 fully saturated rings. The van der Waals surface area contributed by atoms with E-state index in [0.29, 0.717) is 19.1 Å². The maximum Gasteiger partial charge on any atom is 0.188 e. The van der Waals surface area contributed by atoms with Crippen LogP contribution in [-0.4, -0.2) is 50.1 Å². The molecule has 1 unspecified atom stereocenters. The third kappa shape index (κ3) is 11.8. The number of nitrogens with one attached hydrogen (secondary N) is 1. The van der Waals surface area contributed by atoms with Gasteiger partial charge in [0.1, 0.15) is 18.5 Å². The van der Waals surface area contributed by atoms with Crippen LogP contribution >= 0.6 is 46.6 Å². The number of benzene rings is 1. The fraction of sp³-hybridized carbons (Fsp3) is 0.533. The smallest absolute Gasteiger partial charge is 0.188 e. The predicted octanol–water partition coefficient (Wildman–Crippen LogP) is 1.98. The number of hydrogen-bond donors (Lipinski definition) is 3. The first-order valence-corrected chi connectivity index (χ1v) is 8.37. The van der Waals surface area contributed by atoms with E-state index in [4.69, 9.17) is 15.2 Å². The van der Waals surface area contributed by atoms with Crippen molar-refractivity contribution >= 4 is 52.5 Å². The Hall–Kier alpha value is -0.330. The van der Waals surface area contributed by atoms with Gasteiger partial charge in [-0.2, -0.15) is 0 Å². The van der Waals surface area contributed by atoms with Gasteiger partial charge in [0.15, 0.2) is 5.96 Å². The molecule has 0 spiro atoms. The molecule has 0 saturated heterocycles. The van der Waals surface area contributed by atoms with E-state index in [9.17, 15) is 5.11 Å². The lowest BCUT2D eigenvalue weighted by atomic mass is 10.3. The van der Waals surface area contributed by atoms with E-state index in [2.05, 4.69) is 32.9 Å². The van der Waals surface area contributed by atoms with E-state index in [0.717, 1.165) is 22.3 Å². The minimum absolute atomic E-state index is 0. The summed E-state index contributed by atoms with van der Waals surface area (Å²) < 4.78 is 11.8. The molecule has 0 aliphatic rings. The van der Waals surface area contributed by atoms with Crippen LogP contribution in [0.15, 0.2) is 29.3 Å². The minimum Gasteiger partial charge on any atom is -0.491 e. The van der Waals surface area contributed by atoms with Crippen molar-refractivity contribution in [1.82, 2.24) is 5.32 Å². The highest BCUT2D eigenvalue weighted by molar-refractivity contribution is 14.1. The zero-order valence-electron chi connectivity index (χ0n) is 13.2. The maximum atomic E-state index is 9.82. The van der Waals surface area contributed by atoms with Crippen LogP contribution < -0.4 is 15.8 Å². The molecule has 0 saturated carbocycles. The van der Waals surface area contributed by atoms with Crippen molar-refractivity contribution in [3.8, 4) is 5.75 Å². The molecular formula is C15H25I2N3O3. The zero-order valence-corrected chi connectivity index (χ0v) is 17.7. The summed E-state index contributed by atoms with van der Waals surface area (Å²) in [7, 11) is 0. The van der Waals surface area contributed by atoms with Gasteiger partial charge in [0.05, 0.1) is 6.54 Å². The molecule has 132 valence electrons. The molecule has 1 atom stereocenters. The van der Waals surface area contributed by atoms with E-state index in [1.807, 2.05) is 31.2 Å². The Morgan fingerprint density at radius 1 is 1.39 bits per heavy atom. The maximum absolute atomic E-state index is 9.82. The molecule has 0 aromatic heterocycles. The molecule has 0 amide bonds. The summed E-state index contributed by atoms with van der Waals surface area (Å²) in [6, 6.07) is 7.63. The van der Waals surface area contributed by atoms with Gasteiger partial charge in [-0.15, -0.1) is 24.0 Å². The lowest BCUT2D eigenvalue weighted by Crippen LogP contribution is -2.34. The quantitative estimate of drug-likeness (QED) is 0.180. The Labute approximate surface area is 168 Å². The summed E-state index contributed by atoms with van der Waals surface area (Å²) in [5.74, 6) is 1.05. The summed E-state index contributed by atoms with van der Waals surface area (Å²) in [6.07, 6.45) is 0.172. The topological polar surface area (TPSA) is 89.1 Å². The average molecular weight is 549 g/mol. The highest BCUT2D eigenvalue weighted by atomic mass is 127. The molecule has 23 heavy (non-hydrogen) atoms. The van der Waals surface area contributed by atoms with Crippen LogP contribution in [0.5, 0.6) is 5.75 Å². The van der Waals surface area contributed by atoms with Crippen molar-refractivity contribution in [1.29, 1.82) is 0 Å². The van der Waals surface area contributed by atoms with E-state index in [1.165, 1.54) is 0 Å². The summed E-state index contributed by atoms with van der Waals surface area (Å²) in [5, 5.41) is 12.8. The molecule has 4 N–H and O–H groups in total. The SMILES string of the molecule is CCOCCCNC(N)=NCC(O)COc1ccc(I)cc1.I. The van der Waals surface area contributed by atoms with Crippen molar-refractivity contribution in [2.45, 2.75) is 19.4 Å². The molecule has 0 radical (unpaired) electrons.